The van der Waals surface area contributed by atoms with Crippen molar-refractivity contribution in [2.45, 2.75) is 63.2 Å². The van der Waals surface area contributed by atoms with Crippen molar-refractivity contribution < 1.29 is 45.5 Å². The number of oxazole rings is 1. The van der Waals surface area contributed by atoms with Gasteiger partial charge in [0, 0.05) is 87.6 Å². The zero-order chi connectivity index (χ0) is 42.8. The number of nitrogens with zero attached hydrogens (tertiary/aromatic N) is 8. The van der Waals surface area contributed by atoms with Gasteiger partial charge < -0.3 is 24.9 Å². The van der Waals surface area contributed by atoms with Crippen LogP contribution in [0.4, 0.5) is 49.6 Å². The summed E-state index contributed by atoms with van der Waals surface area (Å²) in [5.41, 5.74) is 0.948. The number of benzene rings is 1. The van der Waals surface area contributed by atoms with E-state index in [-0.39, 0.29) is 64.9 Å². The Morgan fingerprint density at radius 1 is 0.918 bits per heavy atom. The zero-order valence-electron chi connectivity index (χ0n) is 32.9. The summed E-state index contributed by atoms with van der Waals surface area (Å²) in [6, 6.07) is 9.98. The van der Waals surface area contributed by atoms with Crippen LogP contribution in [-0.4, -0.2) is 118 Å². The van der Waals surface area contributed by atoms with Crippen LogP contribution in [0.25, 0.3) is 11.5 Å². The molecule has 1 aliphatic carbocycles. The summed E-state index contributed by atoms with van der Waals surface area (Å²) >= 11 is 0. The maximum Gasteiger partial charge on any atom is 0.405 e. The van der Waals surface area contributed by atoms with Gasteiger partial charge in [0.1, 0.15) is 18.6 Å². The van der Waals surface area contributed by atoms with Crippen molar-refractivity contribution in [3.63, 3.8) is 0 Å². The normalized spacial score (nSPS) is 21.5. The summed E-state index contributed by atoms with van der Waals surface area (Å²) in [5, 5.41) is 11.1. The Kier molecular flexibility index (Phi) is 11.9. The molecular formula is C40H44F5N11O5. The van der Waals surface area contributed by atoms with Crippen LogP contribution in [0.1, 0.15) is 67.2 Å². The van der Waals surface area contributed by atoms with Gasteiger partial charge in [0.2, 0.25) is 17.7 Å². The predicted octanol–water partition coefficient (Wildman–Crippen LogP) is 5.70. The fourth-order valence-electron chi connectivity index (χ4n) is 8.50. The summed E-state index contributed by atoms with van der Waals surface area (Å²) in [6.07, 6.45) is 0.232. The SMILES string of the molecule is O=C1CCN(c2ccc(N3CC[C@@H](C(=O)N4CCN(C5CCC(n6cc(NC(=O)c7coc(-c8ccnc(NCC(F)(F)F)c8)n7)c(C(F)F)n6)CC5)CC4)C3)cc2)C(=O)N1. The van der Waals surface area contributed by atoms with Crippen molar-refractivity contribution in [2.75, 3.05) is 72.8 Å². The number of imide groups is 1. The Labute approximate surface area is 346 Å². The van der Waals surface area contributed by atoms with Gasteiger partial charge in [-0.15, -0.1) is 0 Å². The number of rotatable bonds is 11. The fraction of sp³-hybridized carbons (Fsp3) is 0.475. The number of hydrogen-bond donors (Lipinski definition) is 3. The monoisotopic (exact) mass is 853 g/mol. The molecule has 324 valence electrons. The number of carbonyl (C=O) groups is 4. The maximum atomic E-state index is 14.1. The van der Waals surface area contributed by atoms with Gasteiger partial charge in [0.25, 0.3) is 12.3 Å². The standard InChI is InChI=1S/C40H44F5N11O5/c41-35(42)34-30(48-36(58)31-22-61-37(49-31)24-9-12-46-32(19-24)47-23-40(43,44)45)21-56(51-34)29-7-3-26(4-8-29)52-15-17-53(18-16-52)38(59)25-10-13-54(20-25)27-1-5-28(6-2-27)55-14-11-33(57)50-39(55)60/h1-2,5-6,9,12,19,21-22,25-26,29,35H,3-4,7-8,10-11,13-18,20,23H2,(H,46,47)(H,48,58)(H,50,57,60)/t25-,26?,29?/m1/s1. The molecule has 1 saturated carbocycles. The van der Waals surface area contributed by atoms with Gasteiger partial charge in [0.15, 0.2) is 11.4 Å². The van der Waals surface area contributed by atoms with E-state index >= 15 is 0 Å². The first-order chi connectivity index (χ1) is 29.3. The molecule has 3 saturated heterocycles. The molecule has 6 heterocycles. The van der Waals surface area contributed by atoms with Crippen molar-refractivity contribution in [1.82, 2.24) is 34.9 Å². The molecule has 8 rings (SSSR count). The van der Waals surface area contributed by atoms with Crippen molar-refractivity contribution >= 4 is 46.6 Å². The number of urea groups is 1. The molecule has 21 heteroatoms. The van der Waals surface area contributed by atoms with E-state index in [1.165, 1.54) is 34.1 Å². The second-order valence-electron chi connectivity index (χ2n) is 15.6. The van der Waals surface area contributed by atoms with Crippen LogP contribution >= 0.6 is 0 Å². The van der Waals surface area contributed by atoms with E-state index < -0.39 is 36.8 Å². The summed E-state index contributed by atoms with van der Waals surface area (Å²) in [6.45, 7) is 3.11. The lowest BCUT2D eigenvalue weighted by atomic mass is 9.90. The molecule has 0 unspecified atom stereocenters. The van der Waals surface area contributed by atoms with Gasteiger partial charge >= 0.3 is 12.2 Å². The molecule has 4 aliphatic rings. The van der Waals surface area contributed by atoms with Crippen molar-refractivity contribution in [1.29, 1.82) is 0 Å². The lowest BCUT2D eigenvalue weighted by Crippen LogP contribution is -2.53. The number of carbonyl (C=O) groups excluding carboxylic acids is 4. The number of anilines is 4. The molecule has 3 N–H and O–H groups in total. The summed E-state index contributed by atoms with van der Waals surface area (Å²) in [4.78, 5) is 66.4. The average Bonchev–Trinajstić information content (AvgIpc) is 4.04. The number of pyridine rings is 1. The number of hydrogen-bond acceptors (Lipinski definition) is 11. The molecule has 5 amide bonds. The molecule has 16 nitrogen and oxygen atoms in total. The minimum atomic E-state index is -4.46. The van der Waals surface area contributed by atoms with Gasteiger partial charge in [-0.1, -0.05) is 0 Å². The molecule has 0 radical (unpaired) electrons. The van der Waals surface area contributed by atoms with Crippen LogP contribution in [0.15, 0.2) is 59.5 Å². The third kappa shape index (κ3) is 9.60. The molecule has 1 aromatic carbocycles. The largest absolute Gasteiger partial charge is 0.444 e. The number of amides is 5. The van der Waals surface area contributed by atoms with Gasteiger partial charge in [-0.2, -0.15) is 18.3 Å². The van der Waals surface area contributed by atoms with Gasteiger partial charge in [-0.05, 0) is 68.5 Å². The lowest BCUT2D eigenvalue weighted by Gasteiger charge is -2.42. The van der Waals surface area contributed by atoms with Crippen molar-refractivity contribution in [3.05, 3.63) is 66.4 Å². The van der Waals surface area contributed by atoms with E-state index in [4.69, 9.17) is 4.42 Å². The van der Waals surface area contributed by atoms with E-state index in [2.05, 4.69) is 40.8 Å². The van der Waals surface area contributed by atoms with Crippen LogP contribution in [0.5, 0.6) is 0 Å². The Bertz CT molecular complexity index is 2230. The maximum absolute atomic E-state index is 14.1. The van der Waals surface area contributed by atoms with E-state index in [0.29, 0.717) is 44.7 Å². The minimum absolute atomic E-state index is 0.0780. The van der Waals surface area contributed by atoms with Crippen LogP contribution in [-0.2, 0) is 9.59 Å². The third-order valence-electron chi connectivity index (χ3n) is 11.7. The Hall–Kier alpha value is -6.12. The topological polar surface area (TPSA) is 174 Å². The summed E-state index contributed by atoms with van der Waals surface area (Å²) in [7, 11) is 0. The highest BCUT2D eigenvalue weighted by molar-refractivity contribution is 6.05. The Morgan fingerprint density at radius 2 is 1.64 bits per heavy atom. The molecular weight excluding hydrogens is 810 g/mol. The van der Waals surface area contributed by atoms with Crippen LogP contribution < -0.4 is 25.8 Å². The smallest absolute Gasteiger partial charge is 0.405 e. The van der Waals surface area contributed by atoms with E-state index in [1.54, 1.807) is 0 Å². The zero-order valence-corrected chi connectivity index (χ0v) is 32.9. The van der Waals surface area contributed by atoms with Crippen LogP contribution in [0.2, 0.25) is 0 Å². The van der Waals surface area contributed by atoms with Crippen LogP contribution in [0, 0.1) is 5.92 Å². The summed E-state index contributed by atoms with van der Waals surface area (Å²) in [5.74, 6) is -1.23. The number of alkyl halides is 5. The highest BCUT2D eigenvalue weighted by Gasteiger charge is 2.36. The Balaban J connectivity index is 0.799. The first-order valence-electron chi connectivity index (χ1n) is 20.2. The molecule has 3 aliphatic heterocycles. The van der Waals surface area contributed by atoms with Gasteiger partial charge in [-0.3, -0.25) is 34.2 Å². The van der Waals surface area contributed by atoms with Crippen molar-refractivity contribution in [2.24, 2.45) is 5.92 Å². The van der Waals surface area contributed by atoms with E-state index in [0.717, 1.165) is 50.8 Å². The van der Waals surface area contributed by atoms with Crippen molar-refractivity contribution in [3.8, 4) is 11.5 Å². The highest BCUT2D eigenvalue weighted by atomic mass is 19.4. The highest BCUT2D eigenvalue weighted by Crippen LogP contribution is 2.35. The lowest BCUT2D eigenvalue weighted by molar-refractivity contribution is -0.137. The first-order valence-corrected chi connectivity index (χ1v) is 20.2. The van der Waals surface area contributed by atoms with Crippen LogP contribution in [0.3, 0.4) is 0 Å². The molecule has 0 bridgehead atoms. The van der Waals surface area contributed by atoms with E-state index in [1.807, 2.05) is 29.2 Å². The molecule has 61 heavy (non-hydrogen) atoms. The predicted molar refractivity (Wildman–Crippen MR) is 211 cm³/mol. The number of halogens is 5. The third-order valence-corrected chi connectivity index (χ3v) is 11.7. The quantitative estimate of drug-likeness (QED) is 0.158. The van der Waals surface area contributed by atoms with Gasteiger partial charge in [-0.25, -0.2) is 23.5 Å². The molecule has 4 aromatic rings. The van der Waals surface area contributed by atoms with Gasteiger partial charge in [0.05, 0.1) is 17.6 Å². The molecule has 1 atom stereocenters. The average molecular weight is 854 g/mol. The molecule has 3 aromatic heterocycles. The summed E-state index contributed by atoms with van der Waals surface area (Å²) < 4.78 is 73.0. The molecule has 0 spiro atoms. The Morgan fingerprint density at radius 3 is 2.34 bits per heavy atom. The number of aromatic nitrogens is 4. The number of piperazine rings is 1. The number of nitrogens with one attached hydrogen (secondary N) is 3. The fourth-order valence-corrected chi connectivity index (χ4v) is 8.50. The first kappa shape index (κ1) is 41.6. The second-order valence-corrected chi connectivity index (χ2v) is 15.6. The minimum Gasteiger partial charge on any atom is -0.444 e. The second kappa shape index (κ2) is 17.5. The molecule has 4 fully saturated rings. The van der Waals surface area contributed by atoms with E-state index in [9.17, 15) is 41.1 Å².